The summed E-state index contributed by atoms with van der Waals surface area (Å²) in [6.45, 7) is 0.151. The Hall–Kier alpha value is -5.70. The Morgan fingerprint density at radius 3 is 1.17 bits per heavy atom. The van der Waals surface area contributed by atoms with Crippen LogP contribution < -0.4 is 0 Å². The lowest BCUT2D eigenvalue weighted by Crippen LogP contribution is -2.47. The lowest BCUT2D eigenvalue weighted by atomic mass is 9.82. The van der Waals surface area contributed by atoms with Crippen molar-refractivity contribution in [2.75, 3.05) is 11.5 Å². The van der Waals surface area contributed by atoms with Gasteiger partial charge in [-0.3, -0.25) is 29.0 Å². The summed E-state index contributed by atoms with van der Waals surface area (Å²) in [5, 5.41) is 13.6. The van der Waals surface area contributed by atoms with Crippen molar-refractivity contribution in [3.05, 3.63) is 131 Å². The number of rotatable bonds is 23. The van der Waals surface area contributed by atoms with Crippen molar-refractivity contribution in [3.8, 4) is 0 Å². The molecule has 9 aromatic rings. The van der Waals surface area contributed by atoms with Crippen molar-refractivity contribution in [2.45, 2.75) is 128 Å². The lowest BCUT2D eigenvalue weighted by molar-refractivity contribution is 0.0514. The number of benzene rings is 9. The molecule has 2 aliphatic rings. The molecule has 0 saturated heterocycles. The highest BCUT2D eigenvalue weighted by atomic mass is 32.1. The van der Waals surface area contributed by atoms with Crippen molar-refractivity contribution in [1.82, 2.24) is 9.80 Å². The first kappa shape index (κ1) is 46.7. The minimum atomic E-state index is -0.311. The fourth-order valence-corrected chi connectivity index (χ4v) is 12.9. The molecule has 8 heteroatoms. The number of hydrogen-bond acceptors (Lipinski definition) is 6. The quantitative estimate of drug-likeness (QED) is 0.0220. The largest absolute Gasteiger partial charge is 0.271 e. The highest BCUT2D eigenvalue weighted by molar-refractivity contribution is 7.80. The summed E-state index contributed by atoms with van der Waals surface area (Å²) >= 11 is 8.72. The van der Waals surface area contributed by atoms with Crippen LogP contribution in [0.15, 0.2) is 103 Å². The van der Waals surface area contributed by atoms with Crippen LogP contribution >= 0.6 is 25.3 Å². The third kappa shape index (κ3) is 8.17. The van der Waals surface area contributed by atoms with Gasteiger partial charge in [-0.2, -0.15) is 25.3 Å². The van der Waals surface area contributed by atoms with Gasteiger partial charge in [0.1, 0.15) is 0 Å². The van der Waals surface area contributed by atoms with E-state index in [1.807, 2.05) is 48.5 Å². The van der Waals surface area contributed by atoms with Gasteiger partial charge in [-0.05, 0) is 132 Å². The number of unbranched alkanes of at least 4 members (excludes halogenated alkanes) is 14. The number of thiol groups is 2. The predicted molar refractivity (Wildman–Crippen MR) is 297 cm³/mol. The first-order valence-electron chi connectivity index (χ1n) is 26.2. The molecule has 0 radical (unpaired) electrons. The van der Waals surface area contributed by atoms with E-state index in [0.29, 0.717) is 33.0 Å². The molecular formula is C62H62N2O4S2. The van der Waals surface area contributed by atoms with E-state index < -0.39 is 0 Å². The zero-order valence-electron chi connectivity index (χ0n) is 40.2. The lowest BCUT2D eigenvalue weighted by Gasteiger charge is -2.35. The Morgan fingerprint density at radius 2 is 0.714 bits per heavy atom. The van der Waals surface area contributed by atoms with E-state index in [-0.39, 0.29) is 36.2 Å². The molecule has 0 bridgehead atoms. The van der Waals surface area contributed by atoms with E-state index in [0.717, 1.165) is 104 Å². The maximum absolute atomic E-state index is 14.9. The van der Waals surface area contributed by atoms with E-state index in [1.165, 1.54) is 98.1 Å². The third-order valence-electron chi connectivity index (χ3n) is 16.0. The zero-order chi connectivity index (χ0) is 47.9. The summed E-state index contributed by atoms with van der Waals surface area (Å²) in [6.07, 6.45) is 20.5. The van der Waals surface area contributed by atoms with Crippen molar-refractivity contribution in [3.63, 3.8) is 0 Å². The molecule has 2 aliphatic heterocycles. The SMILES string of the molecule is O=C1c2ccc3c4ccc5c6c(ccc(c7ccc(c2c37)C(=O)N1Cc1ccc2ccc3cccc7ccc1c2c37)c64)C(=O)N(C(CCCCCCCCCCS)CCCCCCCCCCS)C5=O. The van der Waals surface area contributed by atoms with Gasteiger partial charge in [0.25, 0.3) is 23.6 Å². The summed E-state index contributed by atoms with van der Waals surface area (Å²) < 4.78 is 0. The summed E-state index contributed by atoms with van der Waals surface area (Å²) in [6, 6.07) is 34.5. The Balaban J connectivity index is 0.890. The smallest absolute Gasteiger partial charge is 0.261 e. The van der Waals surface area contributed by atoms with E-state index >= 15 is 0 Å². The normalized spacial score (nSPS) is 14.1. The average Bonchev–Trinajstić information content (AvgIpc) is 3.38. The van der Waals surface area contributed by atoms with Gasteiger partial charge in [-0.15, -0.1) is 0 Å². The van der Waals surface area contributed by atoms with E-state index in [4.69, 9.17) is 0 Å². The molecule has 0 fully saturated rings. The average molecular weight is 963 g/mol. The Labute approximate surface area is 421 Å². The maximum Gasteiger partial charge on any atom is 0.261 e. The first-order chi connectivity index (χ1) is 34.4. The number of fused-ring (bicyclic) bond motifs is 2. The van der Waals surface area contributed by atoms with Crippen LogP contribution in [0.2, 0.25) is 0 Å². The minimum absolute atomic E-state index is 0.151. The molecule has 356 valence electrons. The van der Waals surface area contributed by atoms with Crippen LogP contribution in [0.3, 0.4) is 0 Å². The van der Waals surface area contributed by atoms with Gasteiger partial charge in [0.05, 0.1) is 6.54 Å². The van der Waals surface area contributed by atoms with Gasteiger partial charge >= 0.3 is 0 Å². The van der Waals surface area contributed by atoms with Crippen LogP contribution in [0, 0.1) is 0 Å². The molecule has 0 aliphatic carbocycles. The van der Waals surface area contributed by atoms with Crippen molar-refractivity contribution in [1.29, 1.82) is 0 Å². The summed E-state index contributed by atoms with van der Waals surface area (Å²) in [5.41, 5.74) is 3.08. The molecule has 0 N–H and O–H groups in total. The van der Waals surface area contributed by atoms with Crippen molar-refractivity contribution < 1.29 is 19.2 Å². The number of hydrogen-bond donors (Lipinski definition) is 2. The maximum atomic E-state index is 14.9. The van der Waals surface area contributed by atoms with E-state index in [9.17, 15) is 19.2 Å². The van der Waals surface area contributed by atoms with Gasteiger partial charge in [-0.25, -0.2) is 0 Å². The molecule has 0 atom stereocenters. The van der Waals surface area contributed by atoms with Crippen LogP contribution in [0.25, 0.3) is 75.4 Å². The molecule has 70 heavy (non-hydrogen) atoms. The molecule has 0 unspecified atom stereocenters. The summed E-state index contributed by atoms with van der Waals surface area (Å²) in [7, 11) is 0. The number of carbonyl (C=O) groups excluding carboxylic acids is 4. The molecule has 0 saturated carbocycles. The molecule has 0 aromatic heterocycles. The molecule has 11 rings (SSSR count). The second-order valence-electron chi connectivity index (χ2n) is 20.2. The third-order valence-corrected chi connectivity index (χ3v) is 16.6. The van der Waals surface area contributed by atoms with Crippen LogP contribution in [0.5, 0.6) is 0 Å². The zero-order valence-corrected chi connectivity index (χ0v) is 42.0. The van der Waals surface area contributed by atoms with Gasteiger partial charge in [-0.1, -0.05) is 169 Å². The van der Waals surface area contributed by atoms with Gasteiger partial charge in [0, 0.05) is 39.1 Å². The second kappa shape index (κ2) is 20.2. The molecule has 2 heterocycles. The summed E-state index contributed by atoms with van der Waals surface area (Å²) in [5.74, 6) is 0.893. The van der Waals surface area contributed by atoms with Crippen LogP contribution in [0.1, 0.15) is 163 Å². The van der Waals surface area contributed by atoms with Gasteiger partial charge in [0.2, 0.25) is 0 Å². The van der Waals surface area contributed by atoms with Crippen molar-refractivity contribution in [2.24, 2.45) is 0 Å². The minimum Gasteiger partial charge on any atom is -0.271 e. The van der Waals surface area contributed by atoms with Crippen LogP contribution in [-0.4, -0.2) is 51.0 Å². The number of imide groups is 2. The Kier molecular flexibility index (Phi) is 13.5. The standard InChI is InChI=1S/C62H62N2O4S2/c65-59-49-32-28-45-47-30-34-51-58-52(62(68)64(61(51)67)43(20-13-9-5-1-3-7-11-15-36-69)21-14-10-6-2-4-8-12-16-37-70)35-31-48(56(47)58)46-29-33-50(57(49)55(45)46)60(66)63(59)38-42-25-24-41-23-22-39-18-17-19-40-26-27-44(42)54(41)53(39)40/h17-19,22-35,43,69-70H,1-16,20-21,36-38H2. The molecular weight excluding hydrogens is 901 g/mol. The second-order valence-corrected chi connectivity index (χ2v) is 21.1. The number of carbonyl (C=O) groups is 4. The first-order valence-corrected chi connectivity index (χ1v) is 27.5. The molecule has 4 amide bonds. The molecule has 0 spiro atoms. The fraction of sp³-hybridized carbons (Fsp3) is 0.355. The fourth-order valence-electron chi connectivity index (χ4n) is 12.4. The highest BCUT2D eigenvalue weighted by Crippen LogP contribution is 2.47. The number of amides is 4. The highest BCUT2D eigenvalue weighted by Gasteiger charge is 2.39. The Bertz CT molecular complexity index is 3310. The van der Waals surface area contributed by atoms with Gasteiger partial charge in [0.15, 0.2) is 0 Å². The van der Waals surface area contributed by atoms with E-state index in [1.54, 1.807) is 4.90 Å². The summed E-state index contributed by atoms with van der Waals surface area (Å²) in [4.78, 5) is 62.2. The van der Waals surface area contributed by atoms with Gasteiger partial charge < -0.3 is 0 Å². The van der Waals surface area contributed by atoms with E-state index in [2.05, 4.69) is 79.9 Å². The topological polar surface area (TPSA) is 74.8 Å². The molecule has 9 aromatic carbocycles. The van der Waals surface area contributed by atoms with Crippen LogP contribution in [0.4, 0.5) is 0 Å². The van der Waals surface area contributed by atoms with Crippen molar-refractivity contribution >= 4 is 124 Å². The monoisotopic (exact) mass is 962 g/mol. The molecule has 6 nitrogen and oxygen atoms in total. The number of nitrogens with zero attached hydrogens (tertiary/aromatic N) is 2. The Morgan fingerprint density at radius 1 is 0.343 bits per heavy atom. The van der Waals surface area contributed by atoms with Crippen LogP contribution in [-0.2, 0) is 6.54 Å². The predicted octanol–water partition coefficient (Wildman–Crippen LogP) is 16.3.